The Kier molecular flexibility index (Phi) is 5.25. The summed E-state index contributed by atoms with van der Waals surface area (Å²) >= 11 is 0. The van der Waals surface area contributed by atoms with Crippen molar-refractivity contribution in [2.24, 2.45) is 23.0 Å². The van der Waals surface area contributed by atoms with Gasteiger partial charge in [-0.25, -0.2) is 0 Å². The van der Waals surface area contributed by atoms with Crippen LogP contribution in [-0.2, 0) is 9.59 Å². The molecule has 1 saturated heterocycles. The van der Waals surface area contributed by atoms with Crippen molar-refractivity contribution in [1.29, 1.82) is 0 Å². The molecular weight excluding hydrogens is 268 g/mol. The summed E-state index contributed by atoms with van der Waals surface area (Å²) in [5.41, 5.74) is 5.07. The number of carbonyl (C=O) groups excluding carboxylic acids is 1. The Morgan fingerprint density at radius 3 is 2.62 bits per heavy atom. The molecule has 2 fully saturated rings. The lowest BCUT2D eigenvalue weighted by atomic mass is 9.75. The summed E-state index contributed by atoms with van der Waals surface area (Å²) in [6.07, 6.45) is 6.21. The topological polar surface area (TPSA) is 83.6 Å². The Labute approximate surface area is 126 Å². The van der Waals surface area contributed by atoms with Crippen molar-refractivity contribution < 1.29 is 14.7 Å². The highest BCUT2D eigenvalue weighted by atomic mass is 16.4. The maximum absolute atomic E-state index is 12.8. The summed E-state index contributed by atoms with van der Waals surface area (Å²) in [5.74, 6) is -0.343. The summed E-state index contributed by atoms with van der Waals surface area (Å²) in [6.45, 7) is 3.53. The van der Waals surface area contributed by atoms with Crippen LogP contribution in [0.15, 0.2) is 0 Å². The molecule has 5 heteroatoms. The van der Waals surface area contributed by atoms with Crippen LogP contribution < -0.4 is 5.73 Å². The highest BCUT2D eigenvalue weighted by molar-refractivity contribution is 5.81. The average molecular weight is 296 g/mol. The van der Waals surface area contributed by atoms with Crippen LogP contribution in [0.5, 0.6) is 0 Å². The Hall–Kier alpha value is -1.10. The van der Waals surface area contributed by atoms with Crippen LogP contribution in [-0.4, -0.2) is 41.5 Å². The summed E-state index contributed by atoms with van der Waals surface area (Å²) in [7, 11) is 0. The Bertz CT molecular complexity index is 399. The minimum Gasteiger partial charge on any atom is -0.481 e. The predicted octanol–water partition coefficient (Wildman–Crippen LogP) is 1.85. The number of nitrogens with two attached hydrogens (primary N) is 1. The first-order valence-corrected chi connectivity index (χ1v) is 8.26. The van der Waals surface area contributed by atoms with E-state index < -0.39 is 11.4 Å². The SMILES string of the molecule is CCC1(C(=O)O)CCCN(C(=O)C2CCCCC2CN)C1. The fourth-order valence-electron chi connectivity index (χ4n) is 3.98. The van der Waals surface area contributed by atoms with Gasteiger partial charge in [0.15, 0.2) is 0 Å². The third-order valence-corrected chi connectivity index (χ3v) is 5.55. The van der Waals surface area contributed by atoms with Crippen LogP contribution in [0.4, 0.5) is 0 Å². The lowest BCUT2D eigenvalue weighted by Gasteiger charge is -2.42. The fraction of sp³-hybridized carbons (Fsp3) is 0.875. The normalized spacial score (nSPS) is 33.7. The molecule has 0 radical (unpaired) electrons. The summed E-state index contributed by atoms with van der Waals surface area (Å²) in [6, 6.07) is 0. The van der Waals surface area contributed by atoms with Crippen LogP contribution in [0.1, 0.15) is 51.9 Å². The number of carboxylic acid groups (broad SMARTS) is 1. The van der Waals surface area contributed by atoms with E-state index in [-0.39, 0.29) is 17.7 Å². The van der Waals surface area contributed by atoms with Crippen molar-refractivity contribution in [3.63, 3.8) is 0 Å². The smallest absolute Gasteiger partial charge is 0.311 e. The molecule has 0 aromatic carbocycles. The number of aliphatic carboxylic acids is 1. The molecule has 0 aromatic heterocycles. The number of hydrogen-bond acceptors (Lipinski definition) is 3. The summed E-state index contributed by atoms with van der Waals surface area (Å²) in [4.78, 5) is 26.2. The molecular formula is C16H28N2O3. The highest BCUT2D eigenvalue weighted by Crippen LogP contribution is 2.37. The number of carboxylic acids is 1. The Balaban J connectivity index is 2.09. The average Bonchev–Trinajstić information content (AvgIpc) is 2.53. The van der Waals surface area contributed by atoms with Crippen molar-refractivity contribution in [2.45, 2.75) is 51.9 Å². The minimum atomic E-state index is -0.762. The molecule has 0 aromatic rings. The molecule has 1 heterocycles. The van der Waals surface area contributed by atoms with Gasteiger partial charge in [-0.2, -0.15) is 0 Å². The second kappa shape index (κ2) is 6.77. The molecule has 1 aliphatic carbocycles. The van der Waals surface area contributed by atoms with Gasteiger partial charge in [-0.15, -0.1) is 0 Å². The third kappa shape index (κ3) is 3.23. The molecule has 1 amide bonds. The van der Waals surface area contributed by atoms with Crippen LogP contribution in [0.25, 0.3) is 0 Å². The van der Waals surface area contributed by atoms with Gasteiger partial charge in [-0.3, -0.25) is 9.59 Å². The zero-order valence-electron chi connectivity index (χ0n) is 13.0. The number of carbonyl (C=O) groups is 2. The van der Waals surface area contributed by atoms with E-state index >= 15 is 0 Å². The monoisotopic (exact) mass is 296 g/mol. The maximum atomic E-state index is 12.8. The first-order chi connectivity index (χ1) is 10.0. The quantitative estimate of drug-likeness (QED) is 0.829. The zero-order valence-corrected chi connectivity index (χ0v) is 13.0. The van der Waals surface area contributed by atoms with Crippen LogP contribution in [0.3, 0.4) is 0 Å². The number of likely N-dealkylation sites (tertiary alicyclic amines) is 1. The van der Waals surface area contributed by atoms with Crippen molar-refractivity contribution >= 4 is 11.9 Å². The first-order valence-electron chi connectivity index (χ1n) is 8.26. The van der Waals surface area contributed by atoms with Gasteiger partial charge in [0, 0.05) is 19.0 Å². The molecule has 21 heavy (non-hydrogen) atoms. The first kappa shape index (κ1) is 16.3. The van der Waals surface area contributed by atoms with E-state index in [1.54, 1.807) is 4.90 Å². The lowest BCUT2D eigenvalue weighted by Crippen LogP contribution is -2.52. The van der Waals surface area contributed by atoms with Crippen molar-refractivity contribution in [2.75, 3.05) is 19.6 Å². The second-order valence-corrected chi connectivity index (χ2v) is 6.69. The van der Waals surface area contributed by atoms with E-state index in [0.717, 1.165) is 32.1 Å². The summed E-state index contributed by atoms with van der Waals surface area (Å²) < 4.78 is 0. The molecule has 5 nitrogen and oxygen atoms in total. The lowest BCUT2D eigenvalue weighted by molar-refractivity contribution is -0.156. The molecule has 0 bridgehead atoms. The van der Waals surface area contributed by atoms with Gasteiger partial charge in [0.2, 0.25) is 5.91 Å². The van der Waals surface area contributed by atoms with Gasteiger partial charge in [-0.1, -0.05) is 19.8 Å². The van der Waals surface area contributed by atoms with Gasteiger partial charge in [0.1, 0.15) is 0 Å². The van der Waals surface area contributed by atoms with E-state index in [4.69, 9.17) is 5.73 Å². The van der Waals surface area contributed by atoms with E-state index in [0.29, 0.717) is 32.5 Å². The van der Waals surface area contributed by atoms with E-state index in [1.165, 1.54) is 0 Å². The van der Waals surface area contributed by atoms with Crippen molar-refractivity contribution in [3.8, 4) is 0 Å². The zero-order chi connectivity index (χ0) is 15.5. The van der Waals surface area contributed by atoms with E-state index in [2.05, 4.69) is 0 Å². The van der Waals surface area contributed by atoms with Crippen LogP contribution >= 0.6 is 0 Å². The second-order valence-electron chi connectivity index (χ2n) is 6.69. The molecule has 1 saturated carbocycles. The van der Waals surface area contributed by atoms with Gasteiger partial charge in [-0.05, 0) is 44.6 Å². The van der Waals surface area contributed by atoms with Crippen LogP contribution in [0, 0.1) is 17.3 Å². The number of nitrogens with zero attached hydrogens (tertiary/aromatic N) is 1. The molecule has 1 aliphatic heterocycles. The van der Waals surface area contributed by atoms with Crippen molar-refractivity contribution in [3.05, 3.63) is 0 Å². The molecule has 3 unspecified atom stereocenters. The molecule has 3 N–H and O–H groups in total. The highest BCUT2D eigenvalue weighted by Gasteiger charge is 2.44. The van der Waals surface area contributed by atoms with Gasteiger partial charge >= 0.3 is 5.97 Å². The standard InChI is InChI=1S/C16H28N2O3/c1-2-16(15(20)21)8-5-9-18(11-16)14(19)13-7-4-3-6-12(13)10-17/h12-13H,2-11,17H2,1H3,(H,20,21). The van der Waals surface area contributed by atoms with E-state index in [9.17, 15) is 14.7 Å². The van der Waals surface area contributed by atoms with Gasteiger partial charge in [0.25, 0.3) is 0 Å². The number of rotatable bonds is 4. The Morgan fingerprint density at radius 2 is 2.00 bits per heavy atom. The maximum Gasteiger partial charge on any atom is 0.311 e. The van der Waals surface area contributed by atoms with Gasteiger partial charge in [0.05, 0.1) is 5.41 Å². The number of hydrogen-bond donors (Lipinski definition) is 2. The van der Waals surface area contributed by atoms with Crippen LogP contribution in [0.2, 0.25) is 0 Å². The number of piperidine rings is 1. The molecule has 2 rings (SSSR count). The summed E-state index contributed by atoms with van der Waals surface area (Å²) in [5, 5.41) is 9.54. The molecule has 3 atom stereocenters. The number of amides is 1. The Morgan fingerprint density at radius 1 is 1.29 bits per heavy atom. The van der Waals surface area contributed by atoms with E-state index in [1.807, 2.05) is 6.92 Å². The largest absolute Gasteiger partial charge is 0.481 e. The third-order valence-electron chi connectivity index (χ3n) is 5.55. The van der Waals surface area contributed by atoms with Crippen molar-refractivity contribution in [1.82, 2.24) is 4.90 Å². The minimum absolute atomic E-state index is 0.00482. The molecule has 2 aliphatic rings. The molecule has 0 spiro atoms. The van der Waals surface area contributed by atoms with Gasteiger partial charge < -0.3 is 15.7 Å². The predicted molar refractivity (Wildman–Crippen MR) is 80.7 cm³/mol. The fourth-order valence-corrected chi connectivity index (χ4v) is 3.98. The molecule has 120 valence electrons.